The minimum absolute atomic E-state index is 0.187. The zero-order valence-electron chi connectivity index (χ0n) is 11.1. The first kappa shape index (κ1) is 14.3. The summed E-state index contributed by atoms with van der Waals surface area (Å²) in [6.07, 6.45) is 3.15. The predicted molar refractivity (Wildman–Crippen MR) is 79.4 cm³/mol. The first-order chi connectivity index (χ1) is 9.29. The van der Waals surface area contributed by atoms with E-state index in [1.54, 1.807) is 0 Å². The number of nitrogens with zero attached hydrogens (tertiary/aromatic N) is 1. The third kappa shape index (κ3) is 4.46. The largest absolute Gasteiger partial charge is 0.445 e. The Morgan fingerprint density at radius 1 is 1.37 bits per heavy atom. The fraction of sp³-hybridized carbons (Fsp3) is 0.533. The lowest BCUT2D eigenvalue weighted by molar-refractivity contribution is 0.0787. The van der Waals surface area contributed by atoms with E-state index in [9.17, 15) is 4.79 Å². The first-order valence-corrected chi connectivity index (χ1v) is 7.49. The van der Waals surface area contributed by atoms with Crippen LogP contribution in [0.5, 0.6) is 0 Å². The summed E-state index contributed by atoms with van der Waals surface area (Å²) in [6.45, 7) is 1.98. The van der Waals surface area contributed by atoms with Gasteiger partial charge in [0.25, 0.3) is 0 Å². The van der Waals surface area contributed by atoms with Crippen molar-refractivity contribution in [3.8, 4) is 0 Å². The van der Waals surface area contributed by atoms with Crippen molar-refractivity contribution >= 4 is 18.7 Å². The second-order valence-electron chi connectivity index (χ2n) is 5.01. The summed E-state index contributed by atoms with van der Waals surface area (Å²) < 4.78 is 5.36. The molecule has 0 aromatic heterocycles. The maximum Gasteiger partial charge on any atom is 0.410 e. The molecule has 1 aliphatic heterocycles. The molecule has 1 aliphatic rings. The molecule has 1 saturated heterocycles. The van der Waals surface area contributed by atoms with E-state index in [4.69, 9.17) is 4.74 Å². The van der Waals surface area contributed by atoms with Crippen molar-refractivity contribution in [2.45, 2.75) is 25.9 Å². The Morgan fingerprint density at radius 2 is 2.16 bits per heavy atom. The predicted octanol–water partition coefficient (Wildman–Crippen LogP) is 3.36. The first-order valence-electron chi connectivity index (χ1n) is 6.86. The Kier molecular flexibility index (Phi) is 5.58. The zero-order chi connectivity index (χ0) is 13.5. The number of carbonyl (C=O) groups is 1. The molecule has 0 N–H and O–H groups in total. The van der Waals surface area contributed by atoms with Gasteiger partial charge in [0.1, 0.15) is 6.61 Å². The average molecular weight is 279 g/mol. The highest BCUT2D eigenvalue weighted by Crippen LogP contribution is 2.20. The molecular formula is C15H21NO2S. The standard InChI is InChI=1S/C15H21NO2S/c17-15(18-12-14-5-2-1-3-6-14)16-9-4-7-13(11-16)8-10-19/h1-3,5-6,13,19H,4,7-12H2/t13-/m1/s1. The van der Waals surface area contributed by atoms with Gasteiger partial charge in [0.15, 0.2) is 0 Å². The van der Waals surface area contributed by atoms with Crippen molar-refractivity contribution < 1.29 is 9.53 Å². The molecule has 0 unspecified atom stereocenters. The van der Waals surface area contributed by atoms with Crippen LogP contribution in [0.15, 0.2) is 30.3 Å². The Hall–Kier alpha value is -1.16. The van der Waals surface area contributed by atoms with Crippen LogP contribution in [0.4, 0.5) is 4.79 Å². The highest BCUT2D eigenvalue weighted by molar-refractivity contribution is 7.80. The third-order valence-corrected chi connectivity index (χ3v) is 3.78. The SMILES string of the molecule is O=C(OCc1ccccc1)N1CCC[C@H](CCS)C1. The van der Waals surface area contributed by atoms with Crippen LogP contribution in [-0.4, -0.2) is 29.8 Å². The molecule has 1 heterocycles. The van der Waals surface area contributed by atoms with Crippen LogP contribution in [0.3, 0.4) is 0 Å². The summed E-state index contributed by atoms with van der Waals surface area (Å²) in [6, 6.07) is 9.79. The van der Waals surface area contributed by atoms with Crippen LogP contribution in [0.1, 0.15) is 24.8 Å². The number of hydrogen-bond donors (Lipinski definition) is 1. The van der Waals surface area contributed by atoms with Crippen molar-refractivity contribution in [2.75, 3.05) is 18.8 Å². The van der Waals surface area contributed by atoms with Gasteiger partial charge in [-0.25, -0.2) is 4.79 Å². The molecule has 1 aromatic rings. The van der Waals surface area contributed by atoms with E-state index in [1.165, 1.54) is 6.42 Å². The lowest BCUT2D eigenvalue weighted by atomic mass is 9.96. The van der Waals surface area contributed by atoms with Crippen LogP contribution in [0.25, 0.3) is 0 Å². The minimum atomic E-state index is -0.187. The van der Waals surface area contributed by atoms with Gasteiger partial charge < -0.3 is 9.64 Å². The molecule has 4 heteroatoms. The Balaban J connectivity index is 1.79. The molecule has 19 heavy (non-hydrogen) atoms. The smallest absolute Gasteiger partial charge is 0.410 e. The van der Waals surface area contributed by atoms with Gasteiger partial charge in [-0.2, -0.15) is 12.6 Å². The normalized spacial score (nSPS) is 19.2. The maximum atomic E-state index is 12.0. The summed E-state index contributed by atoms with van der Waals surface area (Å²) in [5.74, 6) is 1.47. The van der Waals surface area contributed by atoms with Gasteiger partial charge >= 0.3 is 6.09 Å². The molecule has 0 spiro atoms. The molecule has 0 bridgehead atoms. The van der Waals surface area contributed by atoms with E-state index in [0.29, 0.717) is 12.5 Å². The Morgan fingerprint density at radius 3 is 2.89 bits per heavy atom. The summed E-state index contributed by atoms with van der Waals surface area (Å²) in [7, 11) is 0. The van der Waals surface area contributed by atoms with E-state index in [2.05, 4.69) is 12.6 Å². The second-order valence-corrected chi connectivity index (χ2v) is 5.45. The Bertz CT molecular complexity index is 394. The molecule has 1 aromatic carbocycles. The van der Waals surface area contributed by atoms with Crippen LogP contribution in [0, 0.1) is 5.92 Å². The fourth-order valence-electron chi connectivity index (χ4n) is 2.46. The molecule has 0 saturated carbocycles. The number of hydrogen-bond acceptors (Lipinski definition) is 3. The second kappa shape index (κ2) is 7.43. The average Bonchev–Trinajstić information content (AvgIpc) is 2.46. The summed E-state index contributed by atoms with van der Waals surface area (Å²) in [5, 5.41) is 0. The molecule has 0 radical (unpaired) electrons. The highest BCUT2D eigenvalue weighted by Gasteiger charge is 2.24. The number of thiol groups is 1. The molecule has 0 aliphatic carbocycles. The third-order valence-electron chi connectivity index (χ3n) is 3.52. The maximum absolute atomic E-state index is 12.0. The lowest BCUT2D eigenvalue weighted by Crippen LogP contribution is -2.40. The molecule has 1 amide bonds. The lowest BCUT2D eigenvalue weighted by Gasteiger charge is -2.31. The fourth-order valence-corrected chi connectivity index (χ4v) is 2.82. The number of ether oxygens (including phenoxy) is 1. The number of benzene rings is 1. The van der Waals surface area contributed by atoms with E-state index < -0.39 is 0 Å². The molecule has 3 nitrogen and oxygen atoms in total. The summed E-state index contributed by atoms with van der Waals surface area (Å²) in [5.41, 5.74) is 1.03. The Labute approximate surface area is 120 Å². The van der Waals surface area contributed by atoms with Gasteiger partial charge in [-0.15, -0.1) is 0 Å². The van der Waals surface area contributed by atoms with E-state index in [-0.39, 0.29) is 6.09 Å². The monoisotopic (exact) mass is 279 g/mol. The summed E-state index contributed by atoms with van der Waals surface area (Å²) in [4.78, 5) is 13.8. The van der Waals surface area contributed by atoms with Crippen LogP contribution in [-0.2, 0) is 11.3 Å². The highest BCUT2D eigenvalue weighted by atomic mass is 32.1. The molecule has 1 atom stereocenters. The van der Waals surface area contributed by atoms with E-state index in [0.717, 1.165) is 37.2 Å². The van der Waals surface area contributed by atoms with Crippen molar-refractivity contribution in [2.24, 2.45) is 5.92 Å². The van der Waals surface area contributed by atoms with Crippen molar-refractivity contribution in [3.05, 3.63) is 35.9 Å². The molecular weight excluding hydrogens is 258 g/mol. The van der Waals surface area contributed by atoms with Gasteiger partial charge in [-0.1, -0.05) is 30.3 Å². The van der Waals surface area contributed by atoms with Gasteiger partial charge in [-0.3, -0.25) is 0 Å². The number of piperidine rings is 1. The zero-order valence-corrected chi connectivity index (χ0v) is 12.0. The van der Waals surface area contributed by atoms with Gasteiger partial charge in [0.05, 0.1) is 0 Å². The van der Waals surface area contributed by atoms with Crippen molar-refractivity contribution in [1.29, 1.82) is 0 Å². The number of carbonyl (C=O) groups excluding carboxylic acids is 1. The van der Waals surface area contributed by atoms with Crippen LogP contribution in [0.2, 0.25) is 0 Å². The van der Waals surface area contributed by atoms with Gasteiger partial charge in [0.2, 0.25) is 0 Å². The van der Waals surface area contributed by atoms with E-state index >= 15 is 0 Å². The van der Waals surface area contributed by atoms with E-state index in [1.807, 2.05) is 35.2 Å². The minimum Gasteiger partial charge on any atom is -0.445 e. The number of amides is 1. The molecule has 1 fully saturated rings. The topological polar surface area (TPSA) is 29.5 Å². The molecule has 104 valence electrons. The summed E-state index contributed by atoms with van der Waals surface area (Å²) >= 11 is 4.27. The van der Waals surface area contributed by atoms with Gasteiger partial charge in [-0.05, 0) is 36.5 Å². The van der Waals surface area contributed by atoms with Crippen LogP contribution < -0.4 is 0 Å². The quantitative estimate of drug-likeness (QED) is 0.856. The van der Waals surface area contributed by atoms with Gasteiger partial charge in [0, 0.05) is 13.1 Å². The number of likely N-dealkylation sites (tertiary alicyclic amines) is 1. The molecule has 2 rings (SSSR count). The van der Waals surface area contributed by atoms with Crippen molar-refractivity contribution in [1.82, 2.24) is 4.90 Å². The van der Waals surface area contributed by atoms with Crippen molar-refractivity contribution in [3.63, 3.8) is 0 Å². The van der Waals surface area contributed by atoms with Crippen LogP contribution >= 0.6 is 12.6 Å². The number of rotatable bonds is 4.